The smallest absolute Gasteiger partial charge is 0.203 e. The first-order chi connectivity index (χ1) is 25.4. The van der Waals surface area contributed by atoms with Crippen molar-refractivity contribution in [3.8, 4) is 56.8 Å². The Labute approximate surface area is 339 Å². The number of rotatable bonds is 14. The van der Waals surface area contributed by atoms with Gasteiger partial charge in [0.05, 0.1) is 42.7 Å². The number of anilines is 1. The van der Waals surface area contributed by atoms with Crippen LogP contribution in [0.2, 0.25) is 0 Å². The lowest BCUT2D eigenvalue weighted by Crippen LogP contribution is -2.44. The fraction of sp³-hybridized carbons (Fsp3) is 0.310. The Bertz CT molecular complexity index is 1920. The van der Waals surface area contributed by atoms with Gasteiger partial charge in [-0.2, -0.15) is 0 Å². The van der Waals surface area contributed by atoms with Gasteiger partial charge in [0.25, 0.3) is 0 Å². The first-order valence-electron chi connectivity index (χ1n) is 17.3. The Morgan fingerprint density at radius 2 is 1.13 bits per heavy atom. The summed E-state index contributed by atoms with van der Waals surface area (Å²) < 4.78 is 34.6. The van der Waals surface area contributed by atoms with Crippen molar-refractivity contribution in [3.63, 3.8) is 0 Å². The van der Waals surface area contributed by atoms with Crippen LogP contribution in [-0.4, -0.2) is 71.7 Å². The fourth-order valence-electron chi connectivity index (χ4n) is 6.98. The van der Waals surface area contributed by atoms with Crippen molar-refractivity contribution in [3.05, 3.63) is 107 Å². The van der Waals surface area contributed by atoms with Crippen LogP contribution in [0.3, 0.4) is 0 Å². The van der Waals surface area contributed by atoms with E-state index in [1.54, 1.807) is 42.7 Å². The number of pyridine rings is 1. The lowest BCUT2D eigenvalue weighted by molar-refractivity contribution is 0.200. The number of halogens is 3. The number of ether oxygens (including phenoxy) is 6. The van der Waals surface area contributed by atoms with Gasteiger partial charge in [0.1, 0.15) is 0 Å². The van der Waals surface area contributed by atoms with Gasteiger partial charge in [-0.05, 0) is 101 Å². The van der Waals surface area contributed by atoms with Crippen LogP contribution in [0.15, 0.2) is 95.7 Å². The lowest BCUT2D eigenvalue weighted by atomic mass is 9.98. The zero-order chi connectivity index (χ0) is 36.6. The van der Waals surface area contributed by atoms with Crippen molar-refractivity contribution in [1.82, 2.24) is 9.88 Å². The molecule has 0 aliphatic carbocycles. The predicted molar refractivity (Wildman–Crippen MR) is 224 cm³/mol. The Kier molecular flexibility index (Phi) is 15.6. The summed E-state index contributed by atoms with van der Waals surface area (Å²) in [4.78, 5) is 9.69. The molecule has 1 aromatic heterocycles. The van der Waals surface area contributed by atoms with Gasteiger partial charge in [-0.25, -0.2) is 0 Å². The van der Waals surface area contributed by atoms with Crippen molar-refractivity contribution >= 4 is 46.4 Å². The maximum Gasteiger partial charge on any atom is 0.203 e. The average molecular weight is 842 g/mol. The first-order valence-corrected chi connectivity index (χ1v) is 18.0. The van der Waals surface area contributed by atoms with Crippen molar-refractivity contribution in [1.29, 1.82) is 0 Å². The Morgan fingerprint density at radius 1 is 0.611 bits per heavy atom. The fourth-order valence-corrected chi connectivity index (χ4v) is 7.25. The SMILES string of the molecule is COc1cc(-c2cncc(CN3CCC(N(Cc4cccc(-c5cc(OC)c(OC)c(OC)c5)c4)c4ccc(Br)cc4)CC3)c2)cc(OC)c1OC.Cl.Cl. The van der Waals surface area contributed by atoms with Crippen LogP contribution in [-0.2, 0) is 13.1 Å². The zero-order valence-corrected chi connectivity index (χ0v) is 34.7. The van der Waals surface area contributed by atoms with Gasteiger partial charge in [-0.3, -0.25) is 9.88 Å². The summed E-state index contributed by atoms with van der Waals surface area (Å²) in [5.74, 6) is 3.66. The van der Waals surface area contributed by atoms with E-state index in [0.29, 0.717) is 40.5 Å². The number of likely N-dealkylation sites (tertiary alicyclic amines) is 1. The molecule has 1 saturated heterocycles. The molecule has 1 aliphatic heterocycles. The van der Waals surface area contributed by atoms with Crippen LogP contribution in [0.5, 0.6) is 34.5 Å². The maximum atomic E-state index is 5.64. The van der Waals surface area contributed by atoms with E-state index in [0.717, 1.165) is 71.3 Å². The molecule has 1 aliphatic rings. The molecule has 288 valence electrons. The van der Waals surface area contributed by atoms with Gasteiger partial charge >= 0.3 is 0 Å². The van der Waals surface area contributed by atoms with E-state index in [2.05, 4.69) is 85.3 Å². The minimum Gasteiger partial charge on any atom is -0.493 e. The highest BCUT2D eigenvalue weighted by Gasteiger charge is 2.26. The molecular formula is C42H48BrCl2N3O6. The van der Waals surface area contributed by atoms with Crippen LogP contribution < -0.4 is 33.3 Å². The number of methoxy groups -OCH3 is 6. The van der Waals surface area contributed by atoms with Gasteiger partial charge in [0.2, 0.25) is 11.5 Å². The molecule has 0 unspecified atom stereocenters. The Balaban J connectivity index is 0.00000325. The molecule has 6 rings (SSSR count). The topological polar surface area (TPSA) is 74.8 Å². The van der Waals surface area contributed by atoms with Crippen molar-refractivity contribution < 1.29 is 28.4 Å². The lowest BCUT2D eigenvalue weighted by Gasteiger charge is -2.40. The molecule has 0 N–H and O–H groups in total. The number of piperidine rings is 1. The quantitative estimate of drug-likeness (QED) is 0.109. The third-order valence-corrected chi connectivity index (χ3v) is 10.2. The number of aromatic nitrogens is 1. The average Bonchev–Trinajstić information content (AvgIpc) is 3.19. The number of benzene rings is 4. The van der Waals surface area contributed by atoms with E-state index < -0.39 is 0 Å². The molecule has 0 saturated carbocycles. The summed E-state index contributed by atoms with van der Waals surface area (Å²) in [6.45, 7) is 3.58. The molecule has 4 aromatic carbocycles. The molecule has 54 heavy (non-hydrogen) atoms. The van der Waals surface area contributed by atoms with Gasteiger partial charge in [-0.15, -0.1) is 24.8 Å². The predicted octanol–water partition coefficient (Wildman–Crippen LogP) is 9.74. The summed E-state index contributed by atoms with van der Waals surface area (Å²) in [6.07, 6.45) is 5.93. The molecule has 0 amide bonds. The summed E-state index contributed by atoms with van der Waals surface area (Å²) in [5.41, 5.74) is 7.66. The second kappa shape index (κ2) is 19.8. The monoisotopic (exact) mass is 839 g/mol. The normalized spacial score (nSPS) is 12.9. The van der Waals surface area contributed by atoms with E-state index in [1.165, 1.54) is 11.3 Å². The van der Waals surface area contributed by atoms with E-state index in [-0.39, 0.29) is 24.8 Å². The number of hydrogen-bond donors (Lipinski definition) is 0. The molecule has 9 nitrogen and oxygen atoms in total. The van der Waals surface area contributed by atoms with E-state index in [1.807, 2.05) is 36.7 Å². The second-order valence-corrected chi connectivity index (χ2v) is 13.6. The molecule has 0 spiro atoms. The van der Waals surface area contributed by atoms with E-state index in [4.69, 9.17) is 28.4 Å². The molecule has 1 fully saturated rings. The number of nitrogens with zero attached hydrogens (tertiary/aromatic N) is 3. The van der Waals surface area contributed by atoms with Crippen LogP contribution in [0, 0.1) is 0 Å². The minimum atomic E-state index is 0. The second-order valence-electron chi connectivity index (χ2n) is 12.7. The van der Waals surface area contributed by atoms with Gasteiger partial charge in [0, 0.05) is 60.3 Å². The van der Waals surface area contributed by atoms with Crippen LogP contribution in [0.1, 0.15) is 24.0 Å². The largest absolute Gasteiger partial charge is 0.493 e. The summed E-state index contributed by atoms with van der Waals surface area (Å²) in [5, 5.41) is 0. The summed E-state index contributed by atoms with van der Waals surface area (Å²) in [7, 11) is 9.78. The molecule has 12 heteroatoms. The highest BCUT2D eigenvalue weighted by molar-refractivity contribution is 9.10. The van der Waals surface area contributed by atoms with Crippen molar-refractivity contribution in [2.75, 3.05) is 60.6 Å². The van der Waals surface area contributed by atoms with Gasteiger partial charge in [0.15, 0.2) is 23.0 Å². The molecule has 0 radical (unpaired) electrons. The molecular weight excluding hydrogens is 793 g/mol. The molecule has 0 atom stereocenters. The van der Waals surface area contributed by atoms with Crippen molar-refractivity contribution in [2.45, 2.75) is 32.0 Å². The van der Waals surface area contributed by atoms with Crippen molar-refractivity contribution in [2.24, 2.45) is 0 Å². The van der Waals surface area contributed by atoms with Crippen LogP contribution in [0.4, 0.5) is 5.69 Å². The Morgan fingerprint density at radius 3 is 1.65 bits per heavy atom. The summed E-state index contributed by atoms with van der Waals surface area (Å²) >= 11 is 3.63. The standard InChI is InChI=1S/C42H46BrN3O6.2ClH/c1-47-37-20-31(21-38(48-2)41(37)51-5)30-9-7-8-28(18-30)27-46(35-12-10-34(43)11-13-35)36-14-16-45(17-15-36)26-29-19-33(25-44-24-29)32-22-39(49-3)42(52-6)40(23-32)50-4;;/h7-13,18-25,36H,14-17,26-27H2,1-6H3;2*1H. The highest BCUT2D eigenvalue weighted by atomic mass is 79.9. The molecule has 0 bridgehead atoms. The zero-order valence-electron chi connectivity index (χ0n) is 31.5. The third-order valence-electron chi connectivity index (χ3n) is 9.63. The Hall–Kier alpha value is -4.35. The highest BCUT2D eigenvalue weighted by Crippen LogP contribution is 2.42. The molecule has 2 heterocycles. The first kappa shape index (κ1) is 42.4. The molecule has 5 aromatic rings. The summed E-state index contributed by atoms with van der Waals surface area (Å²) in [6, 6.07) is 27.9. The van der Waals surface area contributed by atoms with Crippen LogP contribution >= 0.6 is 40.7 Å². The maximum absolute atomic E-state index is 5.64. The van der Waals surface area contributed by atoms with Gasteiger partial charge in [-0.1, -0.05) is 34.1 Å². The third kappa shape index (κ3) is 9.65. The van der Waals surface area contributed by atoms with E-state index in [9.17, 15) is 0 Å². The number of hydrogen-bond acceptors (Lipinski definition) is 9. The van der Waals surface area contributed by atoms with Gasteiger partial charge < -0.3 is 33.3 Å². The van der Waals surface area contributed by atoms with E-state index >= 15 is 0 Å². The minimum absolute atomic E-state index is 0. The van der Waals surface area contributed by atoms with Crippen LogP contribution in [0.25, 0.3) is 22.3 Å².